The summed E-state index contributed by atoms with van der Waals surface area (Å²) in [5, 5.41) is 34.7. The summed E-state index contributed by atoms with van der Waals surface area (Å²) in [6.07, 6.45) is 3.58. The van der Waals surface area contributed by atoms with Gasteiger partial charge in [-0.15, -0.1) is 0 Å². The molecule has 0 saturated carbocycles. The number of pyridine rings is 1. The van der Waals surface area contributed by atoms with Crippen LogP contribution in [0.1, 0.15) is 16.7 Å². The van der Waals surface area contributed by atoms with E-state index in [0.717, 1.165) is 88.4 Å². The number of para-hydroxylation sites is 2. The SMILES string of the molecule is N#Cc1cccc(-c2ccc3c(c2)c2ccccc2n3-c2cc(-c3ccncc3)cc(-n3c4ccccc4c4cc(-c5cccc(C#N)c5)ccc43)c2C#N)c1. The van der Waals surface area contributed by atoms with E-state index in [2.05, 4.69) is 105 Å². The van der Waals surface area contributed by atoms with E-state index in [-0.39, 0.29) is 0 Å². The van der Waals surface area contributed by atoms with Crippen LogP contribution in [0.2, 0.25) is 0 Å². The molecule has 10 rings (SSSR count). The number of hydrogen-bond acceptors (Lipinski definition) is 4. The fourth-order valence-corrected chi connectivity index (χ4v) is 8.15. The zero-order valence-corrected chi connectivity index (χ0v) is 29.8. The molecule has 0 aliphatic carbocycles. The summed E-state index contributed by atoms with van der Waals surface area (Å²) in [6, 6.07) is 60.1. The topological polar surface area (TPSA) is 94.1 Å². The standard InChI is InChI=1S/C50H28N6/c51-29-32-7-5-9-35(23-32)37-15-17-47-42(25-37)40-11-1-3-13-45(40)55(47)49-27-39(34-19-21-54-22-20-34)28-50(44(49)31-53)56-46-14-4-2-12-41(46)43-26-38(16-18-48(43)56)36-10-6-8-33(24-36)30-52/h1-28H. The van der Waals surface area contributed by atoms with Gasteiger partial charge >= 0.3 is 0 Å². The molecule has 0 radical (unpaired) electrons. The summed E-state index contributed by atoms with van der Waals surface area (Å²) in [5.41, 5.74) is 13.0. The molecule has 3 heterocycles. The molecule has 0 aliphatic rings. The Labute approximate surface area is 322 Å². The highest BCUT2D eigenvalue weighted by Crippen LogP contribution is 2.41. The quantitative estimate of drug-likeness (QED) is 0.177. The lowest BCUT2D eigenvalue weighted by Crippen LogP contribution is -2.05. The molecule has 0 aliphatic heterocycles. The Hall–Kier alpha value is -8.24. The van der Waals surface area contributed by atoms with E-state index in [1.54, 1.807) is 12.4 Å². The van der Waals surface area contributed by atoms with Gasteiger partial charge in [0, 0.05) is 33.9 Å². The van der Waals surface area contributed by atoms with Crippen molar-refractivity contribution in [3.63, 3.8) is 0 Å². The molecule has 6 nitrogen and oxygen atoms in total. The molecule has 0 bridgehead atoms. The lowest BCUT2D eigenvalue weighted by molar-refractivity contribution is 1.12. The van der Waals surface area contributed by atoms with Gasteiger partial charge in [0.15, 0.2) is 0 Å². The molecular formula is C50H28N6. The van der Waals surface area contributed by atoms with E-state index in [1.165, 1.54) is 0 Å². The fourth-order valence-electron chi connectivity index (χ4n) is 8.15. The highest BCUT2D eigenvalue weighted by atomic mass is 15.0. The third-order valence-electron chi connectivity index (χ3n) is 10.7. The minimum Gasteiger partial charge on any atom is -0.308 e. The third kappa shape index (κ3) is 5.12. The number of benzene rings is 7. The van der Waals surface area contributed by atoms with Crippen LogP contribution in [0.5, 0.6) is 0 Å². The van der Waals surface area contributed by atoms with Gasteiger partial charge in [-0.25, -0.2) is 0 Å². The van der Waals surface area contributed by atoms with Crippen molar-refractivity contribution < 1.29 is 0 Å². The van der Waals surface area contributed by atoms with Crippen LogP contribution >= 0.6 is 0 Å². The Morgan fingerprint density at radius 3 is 1.30 bits per heavy atom. The van der Waals surface area contributed by atoms with Gasteiger partial charge in [-0.3, -0.25) is 4.98 Å². The maximum atomic E-state index is 11.3. The first-order valence-electron chi connectivity index (χ1n) is 18.2. The van der Waals surface area contributed by atoms with Crippen LogP contribution in [-0.2, 0) is 0 Å². The van der Waals surface area contributed by atoms with E-state index in [4.69, 9.17) is 0 Å². The smallest absolute Gasteiger partial charge is 0.104 e. The van der Waals surface area contributed by atoms with Gasteiger partial charge in [-0.2, -0.15) is 15.8 Å². The molecule has 7 aromatic carbocycles. The van der Waals surface area contributed by atoms with Gasteiger partial charge < -0.3 is 9.13 Å². The van der Waals surface area contributed by atoms with Crippen LogP contribution in [0.15, 0.2) is 170 Å². The Balaban J connectivity index is 1.28. The number of fused-ring (bicyclic) bond motifs is 6. The van der Waals surface area contributed by atoms with E-state index in [1.807, 2.05) is 84.9 Å². The van der Waals surface area contributed by atoms with Gasteiger partial charge in [-0.1, -0.05) is 72.8 Å². The second-order valence-electron chi connectivity index (χ2n) is 13.8. The molecular weight excluding hydrogens is 685 g/mol. The average molecular weight is 713 g/mol. The maximum absolute atomic E-state index is 11.3. The fraction of sp³-hybridized carbons (Fsp3) is 0. The van der Waals surface area contributed by atoms with Crippen LogP contribution in [0.3, 0.4) is 0 Å². The minimum absolute atomic E-state index is 0.532. The van der Waals surface area contributed by atoms with Crippen LogP contribution in [0, 0.1) is 34.0 Å². The summed E-state index contributed by atoms with van der Waals surface area (Å²) in [6.45, 7) is 0. The van der Waals surface area contributed by atoms with Crippen molar-refractivity contribution in [1.29, 1.82) is 15.8 Å². The van der Waals surface area contributed by atoms with Crippen molar-refractivity contribution in [3.8, 4) is 63.0 Å². The number of nitriles is 3. The van der Waals surface area contributed by atoms with Crippen LogP contribution in [0.4, 0.5) is 0 Å². The maximum Gasteiger partial charge on any atom is 0.104 e. The Bertz CT molecular complexity index is 3150. The molecule has 0 saturated heterocycles. The Kier molecular flexibility index (Phi) is 7.53. The molecule has 3 aromatic heterocycles. The molecule has 0 unspecified atom stereocenters. The van der Waals surface area contributed by atoms with Crippen molar-refractivity contribution in [1.82, 2.24) is 14.1 Å². The lowest BCUT2D eigenvalue weighted by atomic mass is 10.00. The highest BCUT2D eigenvalue weighted by Gasteiger charge is 2.23. The van der Waals surface area contributed by atoms with E-state index in [0.29, 0.717) is 16.7 Å². The first-order valence-corrected chi connectivity index (χ1v) is 18.2. The molecule has 0 atom stereocenters. The summed E-state index contributed by atoms with van der Waals surface area (Å²) < 4.78 is 4.42. The lowest BCUT2D eigenvalue weighted by Gasteiger charge is -2.18. The van der Waals surface area contributed by atoms with Crippen molar-refractivity contribution in [2.45, 2.75) is 0 Å². The number of hydrogen-bond donors (Lipinski definition) is 0. The van der Waals surface area contributed by atoms with Crippen LogP contribution in [-0.4, -0.2) is 14.1 Å². The first-order chi connectivity index (χ1) is 27.6. The molecule has 0 amide bonds. The van der Waals surface area contributed by atoms with Gasteiger partial charge in [0.25, 0.3) is 0 Å². The van der Waals surface area contributed by atoms with Gasteiger partial charge in [0.2, 0.25) is 0 Å². The number of aromatic nitrogens is 3. The minimum atomic E-state index is 0.532. The zero-order valence-electron chi connectivity index (χ0n) is 29.8. The van der Waals surface area contributed by atoms with Crippen LogP contribution in [0.25, 0.3) is 88.4 Å². The summed E-state index contributed by atoms with van der Waals surface area (Å²) in [7, 11) is 0. The van der Waals surface area contributed by atoms with E-state index < -0.39 is 0 Å². The predicted molar refractivity (Wildman–Crippen MR) is 223 cm³/mol. The highest BCUT2D eigenvalue weighted by molar-refractivity contribution is 6.12. The third-order valence-corrected chi connectivity index (χ3v) is 10.7. The van der Waals surface area contributed by atoms with E-state index in [9.17, 15) is 15.8 Å². The van der Waals surface area contributed by atoms with Crippen LogP contribution < -0.4 is 0 Å². The van der Waals surface area contributed by atoms with Crippen molar-refractivity contribution in [2.75, 3.05) is 0 Å². The predicted octanol–water partition coefficient (Wildman–Crippen LogP) is 11.9. The Morgan fingerprint density at radius 2 is 0.821 bits per heavy atom. The molecule has 10 aromatic rings. The second-order valence-corrected chi connectivity index (χ2v) is 13.8. The molecule has 56 heavy (non-hydrogen) atoms. The second kappa shape index (κ2) is 13.0. The molecule has 0 fully saturated rings. The first kappa shape index (κ1) is 32.4. The summed E-state index contributed by atoms with van der Waals surface area (Å²) in [5.74, 6) is 0. The average Bonchev–Trinajstić information content (AvgIpc) is 3.78. The van der Waals surface area contributed by atoms with Gasteiger partial charge in [0.1, 0.15) is 11.6 Å². The van der Waals surface area contributed by atoms with Crippen molar-refractivity contribution in [2.24, 2.45) is 0 Å². The monoisotopic (exact) mass is 712 g/mol. The van der Waals surface area contributed by atoms with Gasteiger partial charge in [-0.05, 0) is 118 Å². The van der Waals surface area contributed by atoms with E-state index >= 15 is 0 Å². The van der Waals surface area contributed by atoms with Gasteiger partial charge in [0.05, 0.1) is 56.7 Å². The largest absolute Gasteiger partial charge is 0.308 e. The number of nitrogens with zero attached hydrogens (tertiary/aromatic N) is 6. The van der Waals surface area contributed by atoms with Crippen molar-refractivity contribution in [3.05, 3.63) is 187 Å². The molecule has 0 spiro atoms. The zero-order chi connectivity index (χ0) is 37.8. The molecule has 258 valence electrons. The normalized spacial score (nSPS) is 11.2. The molecule has 6 heteroatoms. The molecule has 0 N–H and O–H groups in total. The number of rotatable bonds is 5. The summed E-state index contributed by atoms with van der Waals surface area (Å²) >= 11 is 0. The Morgan fingerprint density at radius 1 is 0.357 bits per heavy atom. The summed E-state index contributed by atoms with van der Waals surface area (Å²) in [4.78, 5) is 4.30. The van der Waals surface area contributed by atoms with Crippen molar-refractivity contribution >= 4 is 43.6 Å².